The van der Waals surface area contributed by atoms with Crippen LogP contribution >= 0.6 is 0 Å². The van der Waals surface area contributed by atoms with Gasteiger partial charge in [0.2, 0.25) is 0 Å². The average molecular weight is 367 g/mol. The van der Waals surface area contributed by atoms with E-state index in [1.54, 1.807) is 0 Å². The third kappa shape index (κ3) is 3.79. The third-order valence-corrected chi connectivity index (χ3v) is 5.96. The maximum atomic E-state index is 13.1. The zero-order chi connectivity index (χ0) is 18.8. The summed E-state index contributed by atoms with van der Waals surface area (Å²) >= 11 is 0. The summed E-state index contributed by atoms with van der Waals surface area (Å²) < 4.78 is 5.36. The highest BCUT2D eigenvalue weighted by molar-refractivity contribution is 5.92. The number of hydrogen-bond donors (Lipinski definition) is 0. The Kier molecular flexibility index (Phi) is 5.30. The lowest BCUT2D eigenvalue weighted by atomic mass is 10.0. The fourth-order valence-corrected chi connectivity index (χ4v) is 4.56. The predicted octanol–water partition coefficient (Wildman–Crippen LogP) is 4.07. The van der Waals surface area contributed by atoms with Gasteiger partial charge in [-0.15, -0.1) is 0 Å². The lowest BCUT2D eigenvalue weighted by Gasteiger charge is -2.34. The van der Waals surface area contributed by atoms with Crippen LogP contribution in [0.5, 0.6) is 0 Å². The third-order valence-electron chi connectivity index (χ3n) is 5.96. The normalized spacial score (nSPS) is 23.4. The van der Waals surface area contributed by atoms with E-state index in [0.29, 0.717) is 11.7 Å². The second kappa shape index (κ2) is 7.85. The predicted molar refractivity (Wildman–Crippen MR) is 105 cm³/mol. The van der Waals surface area contributed by atoms with E-state index < -0.39 is 0 Å². The van der Waals surface area contributed by atoms with Crippen LogP contribution in [-0.2, 0) is 6.54 Å². The average Bonchev–Trinajstić information content (AvgIpc) is 3.42. The van der Waals surface area contributed by atoms with Crippen molar-refractivity contribution in [3.63, 3.8) is 0 Å². The molecule has 2 aliphatic heterocycles. The fraction of sp³-hybridized carbons (Fsp3) is 0.545. The number of likely N-dealkylation sites (tertiary alicyclic amines) is 2. The molecular formula is C22H29N3O2. The van der Waals surface area contributed by atoms with Gasteiger partial charge in [0.25, 0.3) is 5.91 Å². The number of aromatic nitrogens is 1. The minimum atomic E-state index is 0.0275. The number of carbonyl (C=O) groups excluding carboxylic acids is 1. The summed E-state index contributed by atoms with van der Waals surface area (Å²) in [7, 11) is 0. The lowest BCUT2D eigenvalue weighted by molar-refractivity contribution is 0.0629. The van der Waals surface area contributed by atoms with Crippen LogP contribution in [0.25, 0.3) is 0 Å². The monoisotopic (exact) mass is 367 g/mol. The van der Waals surface area contributed by atoms with Crippen molar-refractivity contribution in [2.24, 2.45) is 0 Å². The molecule has 2 atom stereocenters. The van der Waals surface area contributed by atoms with Crippen molar-refractivity contribution in [3.8, 4) is 0 Å². The van der Waals surface area contributed by atoms with Crippen molar-refractivity contribution in [2.45, 2.75) is 64.1 Å². The molecule has 1 aromatic heterocycles. The largest absolute Gasteiger partial charge is 0.360 e. The Morgan fingerprint density at radius 2 is 1.89 bits per heavy atom. The van der Waals surface area contributed by atoms with E-state index in [1.165, 1.54) is 12.0 Å². The van der Waals surface area contributed by atoms with Crippen LogP contribution in [0.3, 0.4) is 0 Å². The molecule has 27 heavy (non-hydrogen) atoms. The summed E-state index contributed by atoms with van der Waals surface area (Å²) in [6, 6.07) is 13.2. The molecule has 2 aliphatic rings. The fourth-order valence-electron chi connectivity index (χ4n) is 4.56. The first kappa shape index (κ1) is 18.2. The Balaban J connectivity index is 1.49. The van der Waals surface area contributed by atoms with Crippen molar-refractivity contribution in [3.05, 3.63) is 53.4 Å². The van der Waals surface area contributed by atoms with Crippen LogP contribution in [0.2, 0.25) is 0 Å². The first-order valence-corrected chi connectivity index (χ1v) is 10.2. The Hall–Kier alpha value is -2.14. The maximum Gasteiger partial charge on any atom is 0.276 e. The van der Waals surface area contributed by atoms with Gasteiger partial charge in [0.1, 0.15) is 5.76 Å². The minimum absolute atomic E-state index is 0.0275. The van der Waals surface area contributed by atoms with Gasteiger partial charge in [0.15, 0.2) is 5.69 Å². The van der Waals surface area contributed by atoms with Gasteiger partial charge in [-0.1, -0.05) is 49.3 Å². The molecule has 0 unspecified atom stereocenters. The highest BCUT2D eigenvalue weighted by Crippen LogP contribution is 2.32. The van der Waals surface area contributed by atoms with Gasteiger partial charge in [-0.2, -0.15) is 0 Å². The molecule has 2 saturated heterocycles. The van der Waals surface area contributed by atoms with Crippen molar-refractivity contribution in [1.29, 1.82) is 0 Å². The molecule has 0 bridgehead atoms. The van der Waals surface area contributed by atoms with E-state index in [4.69, 9.17) is 4.52 Å². The van der Waals surface area contributed by atoms with Gasteiger partial charge in [0, 0.05) is 37.2 Å². The van der Waals surface area contributed by atoms with Crippen molar-refractivity contribution in [1.82, 2.24) is 15.0 Å². The second-order valence-corrected chi connectivity index (χ2v) is 8.14. The molecule has 5 nitrogen and oxygen atoms in total. The molecule has 0 saturated carbocycles. The Labute approximate surface area is 161 Å². The zero-order valence-corrected chi connectivity index (χ0v) is 16.3. The van der Waals surface area contributed by atoms with E-state index in [2.05, 4.69) is 45.3 Å². The molecule has 0 N–H and O–H groups in total. The molecule has 2 aromatic rings. The number of benzene rings is 1. The van der Waals surface area contributed by atoms with Crippen LogP contribution in [0, 0.1) is 0 Å². The summed E-state index contributed by atoms with van der Waals surface area (Å²) in [6.07, 6.45) is 4.52. The highest BCUT2D eigenvalue weighted by atomic mass is 16.5. The molecule has 144 valence electrons. The number of carbonyl (C=O) groups is 1. The van der Waals surface area contributed by atoms with Crippen LogP contribution in [0.4, 0.5) is 0 Å². The molecule has 0 spiro atoms. The second-order valence-electron chi connectivity index (χ2n) is 8.14. The lowest BCUT2D eigenvalue weighted by Crippen LogP contribution is -2.48. The SMILES string of the molecule is CC(C)c1cc(C(=O)N2CCC[C@@H]2[C@@H]2CCCN2Cc2ccccc2)no1. The molecule has 5 heteroatoms. The summed E-state index contributed by atoms with van der Waals surface area (Å²) in [5.41, 5.74) is 1.80. The molecule has 2 fully saturated rings. The first-order valence-electron chi connectivity index (χ1n) is 10.2. The zero-order valence-electron chi connectivity index (χ0n) is 16.3. The summed E-state index contributed by atoms with van der Waals surface area (Å²) in [5, 5.41) is 4.05. The van der Waals surface area contributed by atoms with Crippen LogP contribution in [-0.4, -0.2) is 46.0 Å². The van der Waals surface area contributed by atoms with Crippen LogP contribution in [0.1, 0.15) is 67.3 Å². The molecule has 3 heterocycles. The van der Waals surface area contributed by atoms with E-state index in [1.807, 2.05) is 19.9 Å². The van der Waals surface area contributed by atoms with Gasteiger partial charge < -0.3 is 9.42 Å². The number of hydrogen-bond acceptors (Lipinski definition) is 4. The maximum absolute atomic E-state index is 13.1. The molecule has 0 radical (unpaired) electrons. The smallest absolute Gasteiger partial charge is 0.276 e. The van der Waals surface area contributed by atoms with Crippen LogP contribution in [0.15, 0.2) is 40.9 Å². The molecule has 1 aromatic carbocycles. The van der Waals surface area contributed by atoms with E-state index in [0.717, 1.165) is 44.7 Å². The summed E-state index contributed by atoms with van der Waals surface area (Å²) in [4.78, 5) is 17.7. The first-order chi connectivity index (χ1) is 13.1. The number of amides is 1. The van der Waals surface area contributed by atoms with Gasteiger partial charge in [-0.25, -0.2) is 0 Å². The van der Waals surface area contributed by atoms with Gasteiger partial charge in [-0.3, -0.25) is 9.69 Å². The molecule has 4 rings (SSSR count). The molecular weight excluding hydrogens is 338 g/mol. The van der Waals surface area contributed by atoms with Crippen LogP contribution < -0.4 is 0 Å². The Morgan fingerprint density at radius 3 is 2.63 bits per heavy atom. The van der Waals surface area contributed by atoms with Crippen molar-refractivity contribution in [2.75, 3.05) is 13.1 Å². The summed E-state index contributed by atoms with van der Waals surface area (Å²) in [5.74, 6) is 1.05. The minimum Gasteiger partial charge on any atom is -0.360 e. The van der Waals surface area contributed by atoms with E-state index in [9.17, 15) is 4.79 Å². The Morgan fingerprint density at radius 1 is 1.15 bits per heavy atom. The topological polar surface area (TPSA) is 49.6 Å². The number of rotatable bonds is 5. The van der Waals surface area contributed by atoms with Gasteiger partial charge in [0.05, 0.1) is 0 Å². The Bertz CT molecular complexity index is 771. The van der Waals surface area contributed by atoms with Gasteiger partial charge >= 0.3 is 0 Å². The quantitative estimate of drug-likeness (QED) is 0.799. The van der Waals surface area contributed by atoms with Gasteiger partial charge in [-0.05, 0) is 37.8 Å². The standard InChI is InChI=1S/C22H29N3O2/c1-16(2)21-14-18(23-27-21)22(26)25-13-7-11-20(25)19-10-6-12-24(19)15-17-8-4-3-5-9-17/h3-5,8-9,14,16,19-20H,6-7,10-13,15H2,1-2H3/t19-,20+/m0/s1. The van der Waals surface area contributed by atoms with E-state index in [-0.39, 0.29) is 17.9 Å². The summed E-state index contributed by atoms with van der Waals surface area (Å²) in [6.45, 7) is 6.99. The number of nitrogens with zero attached hydrogens (tertiary/aromatic N) is 3. The van der Waals surface area contributed by atoms with Crippen molar-refractivity contribution < 1.29 is 9.32 Å². The molecule has 0 aliphatic carbocycles. The molecule has 1 amide bonds. The van der Waals surface area contributed by atoms with Crippen molar-refractivity contribution >= 4 is 5.91 Å². The van der Waals surface area contributed by atoms with E-state index >= 15 is 0 Å². The highest BCUT2D eigenvalue weighted by Gasteiger charge is 2.40.